The zero-order valence-electron chi connectivity index (χ0n) is 13.0. The summed E-state index contributed by atoms with van der Waals surface area (Å²) >= 11 is 2.65. The van der Waals surface area contributed by atoms with Crippen molar-refractivity contribution in [3.05, 3.63) is 64.5 Å². The molecular weight excluding hydrogens is 358 g/mol. The summed E-state index contributed by atoms with van der Waals surface area (Å²) in [6.07, 6.45) is 5.02. The van der Waals surface area contributed by atoms with Gasteiger partial charge in [-0.2, -0.15) is 4.99 Å². The fourth-order valence-electron chi connectivity index (χ4n) is 2.11. The van der Waals surface area contributed by atoms with E-state index in [0.717, 1.165) is 5.56 Å². The first-order chi connectivity index (χ1) is 12.1. The third-order valence-electron chi connectivity index (χ3n) is 3.27. The van der Waals surface area contributed by atoms with Crippen LogP contribution < -0.4 is 0 Å². The summed E-state index contributed by atoms with van der Waals surface area (Å²) < 4.78 is 0. The molecule has 1 aliphatic rings. The molecular formula is C17H13N3O3S2. The van der Waals surface area contributed by atoms with Crippen molar-refractivity contribution in [1.29, 1.82) is 0 Å². The summed E-state index contributed by atoms with van der Waals surface area (Å²) in [4.78, 5) is 34.1. The number of thioether (sulfide) groups is 1. The lowest BCUT2D eigenvalue weighted by Crippen LogP contribution is -2.29. The number of nitrogens with zero attached hydrogens (tertiary/aromatic N) is 3. The van der Waals surface area contributed by atoms with Crippen LogP contribution in [-0.4, -0.2) is 38.6 Å². The average molecular weight is 371 g/mol. The number of thiazole rings is 1. The molecule has 8 heteroatoms. The number of amides is 1. The van der Waals surface area contributed by atoms with Crippen molar-refractivity contribution in [3.8, 4) is 0 Å². The van der Waals surface area contributed by atoms with E-state index in [0.29, 0.717) is 21.7 Å². The lowest BCUT2D eigenvalue weighted by atomic mass is 10.1. The molecule has 1 amide bonds. The number of hydrogen-bond acceptors (Lipinski definition) is 6. The Balaban J connectivity index is 1.90. The molecule has 126 valence electrons. The number of hydrogen-bond donors (Lipinski definition) is 1. The van der Waals surface area contributed by atoms with E-state index in [1.807, 2.05) is 5.38 Å². The van der Waals surface area contributed by atoms with Gasteiger partial charge in [-0.3, -0.25) is 9.69 Å². The van der Waals surface area contributed by atoms with Gasteiger partial charge in [0.1, 0.15) is 0 Å². The molecule has 2 aromatic rings. The van der Waals surface area contributed by atoms with Crippen molar-refractivity contribution in [2.45, 2.75) is 0 Å². The maximum absolute atomic E-state index is 12.6. The fraction of sp³-hybridized carbons (Fsp3) is 0.0588. The SMILES string of the molecule is C=CCN1C(=O)/C(=C\c2ccc(C(=O)O)cc2)S/C1=N/c1nccs1. The van der Waals surface area contributed by atoms with Gasteiger partial charge in [0, 0.05) is 18.1 Å². The zero-order valence-corrected chi connectivity index (χ0v) is 14.6. The molecule has 0 unspecified atom stereocenters. The minimum absolute atomic E-state index is 0.164. The van der Waals surface area contributed by atoms with E-state index in [1.165, 1.54) is 40.1 Å². The topological polar surface area (TPSA) is 82.9 Å². The molecule has 0 atom stereocenters. The van der Waals surface area contributed by atoms with Crippen molar-refractivity contribution in [1.82, 2.24) is 9.88 Å². The Kier molecular flexibility index (Phi) is 5.11. The second kappa shape index (κ2) is 7.45. The molecule has 0 saturated carbocycles. The van der Waals surface area contributed by atoms with Gasteiger partial charge in [-0.1, -0.05) is 18.2 Å². The number of rotatable bonds is 5. The van der Waals surface area contributed by atoms with Crippen molar-refractivity contribution in [2.75, 3.05) is 6.54 Å². The Bertz CT molecular complexity index is 871. The van der Waals surface area contributed by atoms with Gasteiger partial charge in [-0.15, -0.1) is 17.9 Å². The number of aromatic nitrogens is 1. The lowest BCUT2D eigenvalue weighted by molar-refractivity contribution is -0.121. The Morgan fingerprint density at radius 1 is 1.36 bits per heavy atom. The van der Waals surface area contributed by atoms with E-state index in [9.17, 15) is 9.59 Å². The quantitative estimate of drug-likeness (QED) is 0.641. The van der Waals surface area contributed by atoms with Crippen molar-refractivity contribution in [2.24, 2.45) is 4.99 Å². The summed E-state index contributed by atoms with van der Waals surface area (Å²) in [5.41, 5.74) is 0.946. The number of carbonyl (C=O) groups is 2. The number of benzene rings is 1. The lowest BCUT2D eigenvalue weighted by Gasteiger charge is -2.11. The maximum atomic E-state index is 12.6. The molecule has 6 nitrogen and oxygen atoms in total. The number of aliphatic imine (C=N–C) groups is 1. The molecule has 1 saturated heterocycles. The average Bonchev–Trinajstić information content (AvgIpc) is 3.20. The molecule has 25 heavy (non-hydrogen) atoms. The summed E-state index contributed by atoms with van der Waals surface area (Å²) in [5.74, 6) is -1.15. The highest BCUT2D eigenvalue weighted by atomic mass is 32.2. The Labute approximate surface area is 152 Å². The predicted octanol–water partition coefficient (Wildman–Crippen LogP) is 3.63. The van der Waals surface area contributed by atoms with E-state index in [2.05, 4.69) is 16.6 Å². The second-order valence-electron chi connectivity index (χ2n) is 4.95. The fourth-order valence-corrected chi connectivity index (χ4v) is 3.66. The Morgan fingerprint density at radius 2 is 2.12 bits per heavy atom. The highest BCUT2D eigenvalue weighted by Crippen LogP contribution is 2.34. The Hall–Kier alpha value is -2.71. The van der Waals surface area contributed by atoms with Gasteiger partial charge in [0.05, 0.1) is 10.5 Å². The molecule has 1 aromatic carbocycles. The van der Waals surface area contributed by atoms with Crippen LogP contribution in [0.4, 0.5) is 5.13 Å². The van der Waals surface area contributed by atoms with E-state index in [1.54, 1.807) is 30.5 Å². The second-order valence-corrected chi connectivity index (χ2v) is 6.83. The van der Waals surface area contributed by atoms with E-state index in [-0.39, 0.29) is 11.5 Å². The molecule has 0 bridgehead atoms. The van der Waals surface area contributed by atoms with Crippen LogP contribution in [0.15, 0.2) is 58.4 Å². The largest absolute Gasteiger partial charge is 0.478 e. The summed E-state index contributed by atoms with van der Waals surface area (Å²) in [5, 5.41) is 11.9. The minimum atomic E-state index is -0.986. The molecule has 1 aliphatic heterocycles. The van der Waals surface area contributed by atoms with E-state index >= 15 is 0 Å². The van der Waals surface area contributed by atoms with E-state index < -0.39 is 5.97 Å². The van der Waals surface area contributed by atoms with Crippen LogP contribution in [0.3, 0.4) is 0 Å². The van der Waals surface area contributed by atoms with Gasteiger partial charge in [0.2, 0.25) is 5.13 Å². The van der Waals surface area contributed by atoms with Crippen LogP contribution >= 0.6 is 23.1 Å². The van der Waals surface area contributed by atoms with Crippen molar-refractivity contribution >= 4 is 51.4 Å². The maximum Gasteiger partial charge on any atom is 0.335 e. The van der Waals surface area contributed by atoms with Crippen LogP contribution in [0, 0.1) is 0 Å². The Morgan fingerprint density at radius 3 is 2.72 bits per heavy atom. The standard InChI is InChI=1S/C17H13N3O3S2/c1-2-8-20-14(21)13(25-17(20)19-16-18-7-9-24-16)10-11-3-5-12(6-4-11)15(22)23/h2-7,9-10H,1,8H2,(H,22,23)/b13-10+,19-17+. The minimum Gasteiger partial charge on any atom is -0.478 e. The normalized spacial score (nSPS) is 17.4. The highest BCUT2D eigenvalue weighted by molar-refractivity contribution is 8.18. The van der Waals surface area contributed by atoms with Crippen LogP contribution in [0.2, 0.25) is 0 Å². The van der Waals surface area contributed by atoms with E-state index in [4.69, 9.17) is 5.11 Å². The van der Waals surface area contributed by atoms with Crippen LogP contribution in [0.1, 0.15) is 15.9 Å². The van der Waals surface area contributed by atoms with Crippen LogP contribution in [0.25, 0.3) is 6.08 Å². The van der Waals surface area contributed by atoms with Gasteiger partial charge in [0.25, 0.3) is 5.91 Å². The zero-order chi connectivity index (χ0) is 17.8. The highest BCUT2D eigenvalue weighted by Gasteiger charge is 2.32. The van der Waals surface area contributed by atoms with Crippen molar-refractivity contribution in [3.63, 3.8) is 0 Å². The summed E-state index contributed by atoms with van der Waals surface area (Å²) in [6, 6.07) is 6.34. The third-order valence-corrected chi connectivity index (χ3v) is 4.94. The first kappa shape index (κ1) is 17.1. The molecule has 2 heterocycles. The monoisotopic (exact) mass is 371 g/mol. The number of aromatic carboxylic acids is 1. The number of carboxylic acids is 1. The van der Waals surface area contributed by atoms with Gasteiger partial charge >= 0.3 is 5.97 Å². The predicted molar refractivity (Wildman–Crippen MR) is 100 cm³/mol. The summed E-state index contributed by atoms with van der Waals surface area (Å²) in [6.45, 7) is 4.03. The molecule has 0 spiro atoms. The molecule has 1 aromatic heterocycles. The van der Waals surface area contributed by atoms with Crippen molar-refractivity contribution < 1.29 is 14.7 Å². The van der Waals surface area contributed by atoms with Gasteiger partial charge in [-0.25, -0.2) is 9.78 Å². The first-order valence-electron chi connectivity index (χ1n) is 7.22. The van der Waals surface area contributed by atoms with Gasteiger partial charge < -0.3 is 5.11 Å². The van der Waals surface area contributed by atoms with Crippen LogP contribution in [0.5, 0.6) is 0 Å². The number of amidine groups is 1. The smallest absolute Gasteiger partial charge is 0.335 e. The molecule has 1 N–H and O–H groups in total. The third kappa shape index (κ3) is 3.86. The van der Waals surface area contributed by atoms with Gasteiger partial charge in [-0.05, 0) is 35.5 Å². The molecule has 1 fully saturated rings. The molecule has 3 rings (SSSR count). The molecule has 0 aliphatic carbocycles. The first-order valence-corrected chi connectivity index (χ1v) is 8.92. The molecule has 0 radical (unpaired) electrons. The number of carbonyl (C=O) groups excluding carboxylic acids is 1. The number of carboxylic acid groups (broad SMARTS) is 1. The van der Waals surface area contributed by atoms with Gasteiger partial charge in [0.15, 0.2) is 5.17 Å². The summed E-state index contributed by atoms with van der Waals surface area (Å²) in [7, 11) is 0. The van der Waals surface area contributed by atoms with Crippen LogP contribution in [-0.2, 0) is 4.79 Å².